The second-order valence-electron chi connectivity index (χ2n) is 7.19. The number of aryl methyl sites for hydroxylation is 2. The van der Waals surface area contributed by atoms with Gasteiger partial charge in [-0.05, 0) is 19.4 Å². The average molecular weight is 426 g/mol. The van der Waals surface area contributed by atoms with E-state index in [1.807, 2.05) is 36.9 Å². The Kier molecular flexibility index (Phi) is 5.86. The second-order valence-corrected chi connectivity index (χ2v) is 8.39. The predicted octanol–water partition coefficient (Wildman–Crippen LogP) is 3.52. The van der Waals surface area contributed by atoms with Crippen LogP contribution >= 0.6 is 11.3 Å². The van der Waals surface area contributed by atoms with Gasteiger partial charge in [0.1, 0.15) is 6.33 Å². The Balaban J connectivity index is 1.51. The molecular formula is C20H23N7O2S. The number of piperazine rings is 1. The van der Waals surface area contributed by atoms with Crippen molar-refractivity contribution in [3.63, 3.8) is 0 Å². The molecule has 0 unspecified atom stereocenters. The summed E-state index contributed by atoms with van der Waals surface area (Å²) in [4.78, 5) is 29.6. The molecule has 0 atom stereocenters. The third kappa shape index (κ3) is 4.39. The van der Waals surface area contributed by atoms with E-state index in [-0.39, 0.29) is 11.5 Å². The fourth-order valence-corrected chi connectivity index (χ4v) is 4.26. The van der Waals surface area contributed by atoms with E-state index in [1.54, 1.807) is 0 Å². The van der Waals surface area contributed by atoms with Crippen LogP contribution in [0.25, 0.3) is 0 Å². The van der Waals surface area contributed by atoms with Crippen molar-refractivity contribution in [1.82, 2.24) is 19.9 Å². The highest BCUT2D eigenvalue weighted by atomic mass is 32.1. The van der Waals surface area contributed by atoms with Crippen molar-refractivity contribution in [2.45, 2.75) is 20.4 Å². The van der Waals surface area contributed by atoms with Crippen LogP contribution in [-0.4, -0.2) is 51.0 Å². The third-order valence-corrected chi connectivity index (χ3v) is 6.15. The summed E-state index contributed by atoms with van der Waals surface area (Å²) in [7, 11) is 0. The van der Waals surface area contributed by atoms with Gasteiger partial charge in [-0.2, -0.15) is 0 Å². The standard InChI is InChI=1S/C20H23N7O2S/c1-14-15(2)30-20(23-14)24-18-17(27(28)29)19(22-13-21-18)26-10-8-25(9-11-26)12-16-6-4-3-5-7-16/h3-7,13H,8-12H2,1-2H3,(H,21,22,23,24). The van der Waals surface area contributed by atoms with E-state index in [2.05, 4.69) is 37.3 Å². The van der Waals surface area contributed by atoms with Gasteiger partial charge in [0.25, 0.3) is 0 Å². The first-order valence-electron chi connectivity index (χ1n) is 9.73. The highest BCUT2D eigenvalue weighted by Gasteiger charge is 2.29. The van der Waals surface area contributed by atoms with Crippen LogP contribution < -0.4 is 10.2 Å². The summed E-state index contributed by atoms with van der Waals surface area (Å²) in [6, 6.07) is 10.3. The maximum atomic E-state index is 11.9. The maximum Gasteiger partial charge on any atom is 0.353 e. The van der Waals surface area contributed by atoms with E-state index in [4.69, 9.17) is 0 Å². The summed E-state index contributed by atoms with van der Waals surface area (Å²) in [5.41, 5.74) is 2.05. The van der Waals surface area contributed by atoms with E-state index in [0.29, 0.717) is 24.0 Å². The second kappa shape index (κ2) is 8.72. The zero-order valence-corrected chi connectivity index (χ0v) is 17.7. The summed E-state index contributed by atoms with van der Waals surface area (Å²) >= 11 is 1.45. The summed E-state index contributed by atoms with van der Waals surface area (Å²) in [5, 5.41) is 15.5. The van der Waals surface area contributed by atoms with Crippen LogP contribution in [0.4, 0.5) is 22.5 Å². The van der Waals surface area contributed by atoms with Gasteiger partial charge in [-0.3, -0.25) is 15.0 Å². The highest BCUT2D eigenvalue weighted by Crippen LogP contribution is 2.35. The van der Waals surface area contributed by atoms with Crippen LogP contribution in [-0.2, 0) is 6.54 Å². The van der Waals surface area contributed by atoms with Crippen LogP contribution in [0, 0.1) is 24.0 Å². The maximum absolute atomic E-state index is 11.9. The summed E-state index contributed by atoms with van der Waals surface area (Å²) in [5.74, 6) is 0.521. The lowest BCUT2D eigenvalue weighted by Crippen LogP contribution is -2.46. The van der Waals surface area contributed by atoms with Gasteiger partial charge in [0.2, 0.25) is 11.6 Å². The predicted molar refractivity (Wildman–Crippen MR) is 117 cm³/mol. The van der Waals surface area contributed by atoms with Crippen molar-refractivity contribution >= 4 is 33.8 Å². The number of anilines is 3. The lowest BCUT2D eigenvalue weighted by Gasteiger charge is -2.35. The van der Waals surface area contributed by atoms with Crippen molar-refractivity contribution in [3.05, 3.63) is 62.9 Å². The molecule has 1 saturated heterocycles. The first-order chi connectivity index (χ1) is 14.5. The van der Waals surface area contributed by atoms with Gasteiger partial charge in [-0.1, -0.05) is 30.3 Å². The minimum absolute atomic E-state index is 0.112. The molecule has 1 aromatic carbocycles. The molecule has 0 saturated carbocycles. The van der Waals surface area contributed by atoms with Crippen molar-refractivity contribution in [2.24, 2.45) is 0 Å². The van der Waals surface area contributed by atoms with Crippen molar-refractivity contribution < 1.29 is 4.92 Å². The Labute approximate surface area is 178 Å². The molecule has 2 aromatic heterocycles. The molecular weight excluding hydrogens is 402 g/mol. The van der Waals surface area contributed by atoms with E-state index >= 15 is 0 Å². The molecule has 4 rings (SSSR count). The fraction of sp³-hybridized carbons (Fsp3) is 0.350. The van der Waals surface area contributed by atoms with Gasteiger partial charge in [-0.25, -0.2) is 15.0 Å². The van der Waals surface area contributed by atoms with Crippen molar-refractivity contribution in [3.8, 4) is 0 Å². The van der Waals surface area contributed by atoms with E-state index in [0.717, 1.165) is 30.2 Å². The molecule has 9 nitrogen and oxygen atoms in total. The number of nitrogens with zero attached hydrogens (tertiary/aromatic N) is 6. The van der Waals surface area contributed by atoms with Gasteiger partial charge < -0.3 is 10.2 Å². The van der Waals surface area contributed by atoms with Crippen LogP contribution in [0.1, 0.15) is 16.1 Å². The number of nitro groups is 1. The number of hydrogen-bond donors (Lipinski definition) is 1. The van der Waals surface area contributed by atoms with Crippen molar-refractivity contribution in [1.29, 1.82) is 0 Å². The molecule has 1 N–H and O–H groups in total. The molecule has 1 aliphatic rings. The molecule has 10 heteroatoms. The van der Waals surface area contributed by atoms with Gasteiger partial charge >= 0.3 is 5.69 Å². The molecule has 30 heavy (non-hydrogen) atoms. The Hall–Kier alpha value is -3.11. The SMILES string of the molecule is Cc1nc(Nc2ncnc(N3CCN(Cc4ccccc4)CC3)c2[N+](=O)[O-])sc1C. The van der Waals surface area contributed by atoms with Crippen LogP contribution in [0.15, 0.2) is 36.7 Å². The minimum atomic E-state index is -0.415. The molecule has 3 aromatic rings. The number of thiazole rings is 1. The van der Waals surface area contributed by atoms with E-state index < -0.39 is 4.92 Å². The summed E-state index contributed by atoms with van der Waals surface area (Å²) in [6.45, 7) is 7.70. The molecule has 0 radical (unpaired) electrons. The molecule has 0 bridgehead atoms. The third-order valence-electron chi connectivity index (χ3n) is 5.16. The number of nitrogens with one attached hydrogen (secondary N) is 1. The van der Waals surface area contributed by atoms with Crippen LogP contribution in [0.2, 0.25) is 0 Å². The lowest BCUT2D eigenvalue weighted by molar-refractivity contribution is -0.383. The van der Waals surface area contributed by atoms with Gasteiger partial charge in [0.05, 0.1) is 10.6 Å². The highest BCUT2D eigenvalue weighted by molar-refractivity contribution is 7.15. The average Bonchev–Trinajstić information content (AvgIpc) is 3.06. The smallest absolute Gasteiger partial charge is 0.348 e. The first kappa shape index (κ1) is 20.2. The Morgan fingerprint density at radius 1 is 1.13 bits per heavy atom. The minimum Gasteiger partial charge on any atom is -0.348 e. The molecule has 1 fully saturated rings. The zero-order chi connectivity index (χ0) is 21.1. The zero-order valence-electron chi connectivity index (χ0n) is 16.9. The van der Waals surface area contributed by atoms with Crippen LogP contribution in [0.5, 0.6) is 0 Å². The van der Waals surface area contributed by atoms with Gasteiger partial charge in [-0.15, -0.1) is 11.3 Å². The molecule has 3 heterocycles. The Morgan fingerprint density at radius 3 is 2.50 bits per heavy atom. The normalized spacial score (nSPS) is 14.7. The fourth-order valence-electron chi connectivity index (χ4n) is 3.45. The quantitative estimate of drug-likeness (QED) is 0.473. The molecule has 0 amide bonds. The lowest BCUT2D eigenvalue weighted by atomic mass is 10.2. The topological polar surface area (TPSA) is 100 Å². The number of hydrogen-bond acceptors (Lipinski definition) is 9. The van der Waals surface area contributed by atoms with Gasteiger partial charge in [0.15, 0.2) is 5.13 Å². The molecule has 0 spiro atoms. The van der Waals surface area contributed by atoms with Crippen molar-refractivity contribution in [2.75, 3.05) is 36.4 Å². The monoisotopic (exact) mass is 425 g/mol. The number of aromatic nitrogens is 3. The summed E-state index contributed by atoms with van der Waals surface area (Å²) in [6.07, 6.45) is 1.37. The molecule has 1 aliphatic heterocycles. The van der Waals surface area contributed by atoms with Gasteiger partial charge in [0, 0.05) is 37.6 Å². The molecule has 0 aliphatic carbocycles. The Bertz CT molecular complexity index is 1010. The number of benzene rings is 1. The van der Waals surface area contributed by atoms with Crippen LogP contribution in [0.3, 0.4) is 0 Å². The van der Waals surface area contributed by atoms with E-state index in [9.17, 15) is 10.1 Å². The number of rotatable bonds is 6. The summed E-state index contributed by atoms with van der Waals surface area (Å²) < 4.78 is 0. The first-order valence-corrected chi connectivity index (χ1v) is 10.5. The molecule has 156 valence electrons. The Morgan fingerprint density at radius 2 is 1.87 bits per heavy atom. The van der Waals surface area contributed by atoms with E-state index in [1.165, 1.54) is 23.2 Å². The largest absolute Gasteiger partial charge is 0.353 e.